The highest BCUT2D eigenvalue weighted by Gasteiger charge is 2.27. The number of fused-ring (bicyclic) bond motifs is 1. The number of benzene rings is 1. The Morgan fingerprint density at radius 1 is 1.18 bits per heavy atom. The van der Waals surface area contributed by atoms with Crippen LogP contribution in [0.5, 0.6) is 0 Å². The van der Waals surface area contributed by atoms with E-state index in [0.29, 0.717) is 18.5 Å². The highest BCUT2D eigenvalue weighted by atomic mass is 16.6. The Bertz CT molecular complexity index is 702. The number of ketones is 1. The quantitative estimate of drug-likeness (QED) is 0.236. The lowest BCUT2D eigenvalue weighted by molar-refractivity contribution is -0.152. The number of hydrogen-bond acceptors (Lipinski definition) is 7. The number of ether oxygens (including phenoxy) is 1. The average Bonchev–Trinajstić information content (AvgIpc) is 2.81. The normalized spacial score (nSPS) is 11.6. The molecule has 22 heavy (non-hydrogen) atoms. The number of nitrogens with zero attached hydrogens (tertiary/aromatic N) is 1. The number of Topliss-reactive ketones (excluding diaryl/α,β-unsaturated/α-hetero) is 1. The maximum absolute atomic E-state index is 12.2. The first-order valence-corrected chi connectivity index (χ1v) is 6.75. The van der Waals surface area contributed by atoms with Gasteiger partial charge in [0, 0.05) is 23.6 Å². The fourth-order valence-electron chi connectivity index (χ4n) is 2.19. The molecule has 8 heteroatoms. The van der Waals surface area contributed by atoms with E-state index >= 15 is 0 Å². The molecule has 0 spiro atoms. The molecule has 0 atom stereocenters. The van der Waals surface area contributed by atoms with Crippen molar-refractivity contribution < 1.29 is 14.3 Å². The van der Waals surface area contributed by atoms with Gasteiger partial charge in [0.05, 0.1) is 5.56 Å². The van der Waals surface area contributed by atoms with Crippen molar-refractivity contribution in [1.29, 1.82) is 0 Å². The molecule has 2 aromatic rings. The highest BCUT2D eigenvalue weighted by molar-refractivity contribution is 6.43. The smallest absolute Gasteiger partial charge is 0.383 e. The molecule has 0 radical (unpaired) electrons. The third-order valence-corrected chi connectivity index (χ3v) is 3.09. The second-order valence-corrected chi connectivity index (χ2v) is 4.97. The van der Waals surface area contributed by atoms with E-state index in [1.807, 2.05) is 16.7 Å². The van der Waals surface area contributed by atoms with Gasteiger partial charge in [-0.3, -0.25) is 22.0 Å². The van der Waals surface area contributed by atoms with Crippen LogP contribution in [0.25, 0.3) is 10.9 Å². The van der Waals surface area contributed by atoms with Crippen LogP contribution in [0.15, 0.2) is 30.5 Å². The van der Waals surface area contributed by atoms with Crippen molar-refractivity contribution >= 4 is 22.7 Å². The third-order valence-electron chi connectivity index (χ3n) is 3.09. The summed E-state index contributed by atoms with van der Waals surface area (Å²) in [5.41, 5.74) is 22.1. The van der Waals surface area contributed by atoms with Crippen molar-refractivity contribution in [2.45, 2.75) is 18.9 Å². The minimum atomic E-state index is -2.19. The Labute approximate surface area is 127 Å². The van der Waals surface area contributed by atoms with Gasteiger partial charge in [-0.2, -0.15) is 0 Å². The Balaban J connectivity index is 2.38. The predicted molar refractivity (Wildman–Crippen MR) is 81.3 cm³/mol. The topological polar surface area (TPSA) is 152 Å². The van der Waals surface area contributed by atoms with E-state index in [2.05, 4.69) is 4.74 Å². The largest absolute Gasteiger partial charge is 0.410 e. The molecule has 118 valence electrons. The van der Waals surface area contributed by atoms with E-state index in [1.54, 1.807) is 18.3 Å². The summed E-state index contributed by atoms with van der Waals surface area (Å²) < 4.78 is 6.37. The summed E-state index contributed by atoms with van der Waals surface area (Å²) in [7, 11) is 0. The standard InChI is InChI=1S/C14H19N5O3/c15-6-3-7-19-8-10(9-4-1-2-5-11(9)19)12(20)13(21)22-14(16,17)18/h1-2,4-5,8H,3,6-7,15-18H2. The number of esters is 1. The van der Waals surface area contributed by atoms with Crippen molar-refractivity contribution in [3.05, 3.63) is 36.0 Å². The van der Waals surface area contributed by atoms with Gasteiger partial charge in [-0.15, -0.1) is 0 Å². The van der Waals surface area contributed by atoms with E-state index in [0.717, 1.165) is 11.9 Å². The number of carbonyl (C=O) groups is 2. The van der Waals surface area contributed by atoms with Crippen molar-refractivity contribution in [2.75, 3.05) is 6.54 Å². The van der Waals surface area contributed by atoms with Gasteiger partial charge in [-0.25, -0.2) is 4.79 Å². The maximum Gasteiger partial charge on any atom is 0.383 e. The molecule has 0 amide bonds. The number of rotatable bonds is 6. The first-order chi connectivity index (χ1) is 10.3. The Morgan fingerprint density at radius 2 is 1.86 bits per heavy atom. The van der Waals surface area contributed by atoms with E-state index in [9.17, 15) is 9.59 Å². The lowest BCUT2D eigenvalue weighted by atomic mass is 10.1. The van der Waals surface area contributed by atoms with Crippen LogP contribution in [0.1, 0.15) is 16.8 Å². The third kappa shape index (κ3) is 3.49. The van der Waals surface area contributed by atoms with E-state index in [-0.39, 0.29) is 5.56 Å². The van der Waals surface area contributed by atoms with Gasteiger partial charge in [0.2, 0.25) is 0 Å². The molecule has 1 aromatic heterocycles. The molecule has 0 unspecified atom stereocenters. The van der Waals surface area contributed by atoms with Crippen LogP contribution < -0.4 is 22.9 Å². The first kappa shape index (κ1) is 16.1. The monoisotopic (exact) mass is 305 g/mol. The van der Waals surface area contributed by atoms with E-state index < -0.39 is 17.7 Å². The van der Waals surface area contributed by atoms with Crippen molar-refractivity contribution in [2.24, 2.45) is 22.9 Å². The molecule has 0 fully saturated rings. The Morgan fingerprint density at radius 3 is 2.50 bits per heavy atom. The molecule has 2 rings (SSSR count). The molecule has 1 aromatic carbocycles. The summed E-state index contributed by atoms with van der Waals surface area (Å²) in [5.74, 6) is -4.24. The van der Waals surface area contributed by atoms with Crippen LogP contribution in [-0.2, 0) is 16.1 Å². The molecular formula is C14H19N5O3. The van der Waals surface area contributed by atoms with Crippen molar-refractivity contribution in [1.82, 2.24) is 4.57 Å². The van der Waals surface area contributed by atoms with E-state index in [4.69, 9.17) is 22.9 Å². The fraction of sp³-hybridized carbons (Fsp3) is 0.286. The number of aromatic nitrogens is 1. The second kappa shape index (κ2) is 6.24. The summed E-state index contributed by atoms with van der Waals surface area (Å²) in [6.07, 6.45) is 2.34. The molecule has 0 aliphatic carbocycles. The zero-order valence-electron chi connectivity index (χ0n) is 12.0. The van der Waals surface area contributed by atoms with Crippen LogP contribution in [0.3, 0.4) is 0 Å². The maximum atomic E-state index is 12.2. The number of hydrogen-bond donors (Lipinski definition) is 4. The number of para-hydroxylation sites is 1. The molecule has 1 heterocycles. The fourth-order valence-corrected chi connectivity index (χ4v) is 2.19. The second-order valence-electron chi connectivity index (χ2n) is 4.97. The summed E-state index contributed by atoms with van der Waals surface area (Å²) >= 11 is 0. The zero-order chi connectivity index (χ0) is 16.3. The molecular weight excluding hydrogens is 286 g/mol. The molecule has 8 N–H and O–H groups in total. The van der Waals surface area contributed by atoms with Crippen LogP contribution in [0.4, 0.5) is 0 Å². The van der Waals surface area contributed by atoms with Crippen LogP contribution in [0, 0.1) is 0 Å². The van der Waals surface area contributed by atoms with Crippen molar-refractivity contribution in [3.8, 4) is 0 Å². The Hall–Kier alpha value is -2.26. The number of aryl methyl sites for hydroxylation is 1. The summed E-state index contributed by atoms with van der Waals surface area (Å²) in [6, 6.07) is 7.22. The van der Waals surface area contributed by atoms with Crippen molar-refractivity contribution in [3.63, 3.8) is 0 Å². The minimum Gasteiger partial charge on any atom is -0.410 e. The van der Waals surface area contributed by atoms with Crippen LogP contribution in [0.2, 0.25) is 0 Å². The number of nitrogens with two attached hydrogens (primary N) is 4. The van der Waals surface area contributed by atoms with Gasteiger partial charge >= 0.3 is 5.97 Å². The SMILES string of the molecule is NCCCn1cc(C(=O)C(=O)OC(N)(N)N)c2ccccc21. The minimum absolute atomic E-state index is 0.210. The predicted octanol–water partition coefficient (Wildman–Crippen LogP) is -0.797. The van der Waals surface area contributed by atoms with Crippen LogP contribution in [-0.4, -0.2) is 28.8 Å². The van der Waals surface area contributed by atoms with E-state index in [1.165, 1.54) is 0 Å². The van der Waals surface area contributed by atoms with Crippen LogP contribution >= 0.6 is 0 Å². The molecule has 0 aliphatic heterocycles. The molecule has 8 nitrogen and oxygen atoms in total. The number of carbonyl (C=O) groups excluding carboxylic acids is 2. The molecule has 0 bridgehead atoms. The van der Waals surface area contributed by atoms with Gasteiger partial charge in [0.1, 0.15) is 0 Å². The summed E-state index contributed by atoms with van der Waals surface area (Å²) in [6.45, 7) is 1.15. The molecule has 0 aliphatic rings. The Kier molecular flexibility index (Phi) is 4.57. The average molecular weight is 305 g/mol. The highest BCUT2D eigenvalue weighted by Crippen LogP contribution is 2.22. The van der Waals surface area contributed by atoms with Gasteiger partial charge in [-0.1, -0.05) is 18.2 Å². The first-order valence-electron chi connectivity index (χ1n) is 6.75. The van der Waals surface area contributed by atoms with Gasteiger partial charge in [0.15, 0.2) is 0 Å². The van der Waals surface area contributed by atoms with Gasteiger partial charge in [-0.05, 0) is 19.0 Å². The molecule has 0 saturated carbocycles. The summed E-state index contributed by atoms with van der Waals surface area (Å²) in [4.78, 5) is 24.0. The zero-order valence-corrected chi connectivity index (χ0v) is 12.0. The summed E-state index contributed by atoms with van der Waals surface area (Å²) in [5, 5.41) is 0.637. The van der Waals surface area contributed by atoms with Gasteiger partial charge in [0.25, 0.3) is 11.8 Å². The molecule has 0 saturated heterocycles. The lowest BCUT2D eigenvalue weighted by Gasteiger charge is -2.17. The van der Waals surface area contributed by atoms with Gasteiger partial charge < -0.3 is 15.0 Å². The lowest BCUT2D eigenvalue weighted by Crippen LogP contribution is -2.61.